The van der Waals surface area contributed by atoms with Gasteiger partial charge in [-0.2, -0.15) is 0 Å². The molecule has 0 saturated carbocycles. The second kappa shape index (κ2) is 7.00. The van der Waals surface area contributed by atoms with Crippen LogP contribution in [0.5, 0.6) is 0 Å². The summed E-state index contributed by atoms with van der Waals surface area (Å²) in [6.45, 7) is 1.85. The largest absolute Gasteiger partial charge is 0.341 e. The first-order valence-electron chi connectivity index (χ1n) is 7.06. The normalized spacial score (nSPS) is 16.3. The topological polar surface area (TPSA) is 42.4 Å². The number of hydrogen-bond acceptors (Lipinski definition) is 2. The Bertz CT molecular complexity index is 546. The summed E-state index contributed by atoms with van der Waals surface area (Å²) < 4.78 is 1.07. The lowest BCUT2D eigenvalue weighted by Gasteiger charge is -2.42. The number of rotatable bonds is 2. The molecule has 2 rings (SSSR count). The van der Waals surface area contributed by atoms with Gasteiger partial charge in [-0.25, -0.2) is 4.79 Å². The highest BCUT2D eigenvalue weighted by atomic mass is 79.9. The lowest BCUT2D eigenvalue weighted by Crippen LogP contribution is -2.59. The van der Waals surface area contributed by atoms with Crippen molar-refractivity contribution >= 4 is 27.9 Å². The first-order valence-corrected chi connectivity index (χ1v) is 7.85. The summed E-state index contributed by atoms with van der Waals surface area (Å²) in [7, 11) is 7.39. The molecule has 22 heavy (non-hydrogen) atoms. The first-order chi connectivity index (χ1) is 10.4. The minimum atomic E-state index is 0.0299. The van der Waals surface area contributed by atoms with Crippen molar-refractivity contribution in [1.29, 1.82) is 0 Å². The lowest BCUT2D eigenvalue weighted by molar-refractivity contribution is 0.0876. The molecule has 1 aromatic carbocycles. The van der Waals surface area contributed by atoms with E-state index in [2.05, 4.69) is 42.9 Å². The van der Waals surface area contributed by atoms with Crippen molar-refractivity contribution in [2.75, 3.05) is 41.5 Å². The molecule has 0 bridgehead atoms. The molecule has 0 radical (unpaired) electrons. The van der Waals surface area contributed by atoms with Crippen molar-refractivity contribution < 1.29 is 4.79 Å². The van der Waals surface area contributed by atoms with E-state index in [0.717, 1.165) is 17.0 Å². The molecule has 1 heterocycles. The van der Waals surface area contributed by atoms with Gasteiger partial charge < -0.3 is 19.6 Å². The number of guanidine groups is 1. The van der Waals surface area contributed by atoms with Gasteiger partial charge >= 0.3 is 6.03 Å². The molecule has 0 N–H and O–H groups in total. The van der Waals surface area contributed by atoms with Crippen LogP contribution in [0.25, 0.3) is 0 Å². The summed E-state index contributed by atoms with van der Waals surface area (Å²) in [5.74, 6) is 0.870. The minimum absolute atomic E-state index is 0.0299. The zero-order chi connectivity index (χ0) is 16.3. The summed E-state index contributed by atoms with van der Waals surface area (Å²) in [4.78, 5) is 23.8. The predicted octanol–water partition coefficient (Wildman–Crippen LogP) is 2.08. The fraction of sp³-hybridized carbons (Fsp3) is 0.467. The van der Waals surface area contributed by atoms with Crippen molar-refractivity contribution in [2.24, 2.45) is 4.99 Å². The zero-order valence-corrected chi connectivity index (χ0v) is 15.0. The summed E-state index contributed by atoms with van der Waals surface area (Å²) in [6, 6.07) is 8.28. The van der Waals surface area contributed by atoms with Gasteiger partial charge in [0.2, 0.25) is 0 Å². The maximum atomic E-state index is 11.8. The summed E-state index contributed by atoms with van der Waals surface area (Å²) >= 11 is 3.45. The molecule has 1 saturated heterocycles. The van der Waals surface area contributed by atoms with Gasteiger partial charge in [-0.1, -0.05) is 28.1 Å². The van der Waals surface area contributed by atoms with Crippen molar-refractivity contribution in [1.82, 2.24) is 19.6 Å². The molecule has 1 aromatic rings. The minimum Gasteiger partial charge on any atom is -0.341 e. The molecular formula is C15H22BrN5O. The number of carbonyl (C=O) groups is 1. The van der Waals surface area contributed by atoms with E-state index in [0.29, 0.717) is 13.3 Å². The second-order valence-corrected chi connectivity index (χ2v) is 6.42. The Morgan fingerprint density at radius 1 is 1.23 bits per heavy atom. The number of aliphatic imine (C=N–C) groups is 1. The average molecular weight is 368 g/mol. The standard InChI is InChI=1S/C15H22BrN5O/c1-17-14(21-10-19(3)15(22)20(4)11-21)18(2)9-12-5-7-13(16)8-6-12/h5-8H,9-11H2,1-4H3. The van der Waals surface area contributed by atoms with E-state index < -0.39 is 0 Å². The van der Waals surface area contributed by atoms with Crippen molar-refractivity contribution in [3.8, 4) is 0 Å². The van der Waals surface area contributed by atoms with Gasteiger partial charge in [-0.3, -0.25) is 4.99 Å². The molecule has 1 aliphatic heterocycles. The van der Waals surface area contributed by atoms with E-state index in [1.807, 2.05) is 19.2 Å². The van der Waals surface area contributed by atoms with Crippen molar-refractivity contribution in [3.05, 3.63) is 34.3 Å². The molecule has 7 heteroatoms. The molecule has 0 unspecified atom stereocenters. The maximum Gasteiger partial charge on any atom is 0.322 e. The number of benzene rings is 1. The number of urea groups is 1. The van der Waals surface area contributed by atoms with E-state index in [4.69, 9.17) is 0 Å². The Balaban J connectivity index is 2.07. The van der Waals surface area contributed by atoms with E-state index >= 15 is 0 Å². The van der Waals surface area contributed by atoms with Crippen molar-refractivity contribution in [3.63, 3.8) is 0 Å². The maximum absolute atomic E-state index is 11.8. The molecule has 120 valence electrons. The quantitative estimate of drug-likeness (QED) is 0.593. The number of nitrogens with zero attached hydrogens (tertiary/aromatic N) is 5. The SMILES string of the molecule is CN=C(N(C)Cc1ccc(Br)cc1)N1CN(C)C(=O)N(C)C1. The van der Waals surface area contributed by atoms with Gasteiger partial charge in [0.1, 0.15) is 0 Å². The molecule has 0 aromatic heterocycles. The Hall–Kier alpha value is -1.76. The number of hydrogen-bond donors (Lipinski definition) is 0. The summed E-state index contributed by atoms with van der Waals surface area (Å²) in [5.41, 5.74) is 1.21. The molecular weight excluding hydrogens is 346 g/mol. The Morgan fingerprint density at radius 2 is 1.77 bits per heavy atom. The van der Waals surface area contributed by atoms with E-state index in [9.17, 15) is 4.79 Å². The van der Waals surface area contributed by atoms with E-state index in [-0.39, 0.29) is 6.03 Å². The average Bonchev–Trinajstić information content (AvgIpc) is 2.48. The molecule has 2 amide bonds. The Labute approximate surface area is 140 Å². The Morgan fingerprint density at radius 3 is 2.27 bits per heavy atom. The number of halogens is 1. The van der Waals surface area contributed by atoms with Gasteiger partial charge in [0.25, 0.3) is 0 Å². The fourth-order valence-corrected chi connectivity index (χ4v) is 2.85. The molecule has 6 nitrogen and oxygen atoms in total. The van der Waals surface area contributed by atoms with Crippen molar-refractivity contribution in [2.45, 2.75) is 6.54 Å². The van der Waals surface area contributed by atoms with Crippen LogP contribution in [0, 0.1) is 0 Å². The third-order valence-corrected chi connectivity index (χ3v) is 4.10. The molecule has 0 aliphatic carbocycles. The number of amides is 2. The van der Waals surface area contributed by atoms with Crippen LogP contribution in [0.15, 0.2) is 33.7 Å². The molecule has 0 atom stereocenters. The van der Waals surface area contributed by atoms with Crippen LogP contribution < -0.4 is 0 Å². The molecule has 1 aliphatic rings. The van der Waals surface area contributed by atoms with Gasteiger partial charge in [-0.05, 0) is 17.7 Å². The third-order valence-electron chi connectivity index (χ3n) is 3.58. The smallest absolute Gasteiger partial charge is 0.322 e. The Kier molecular flexibility index (Phi) is 5.28. The van der Waals surface area contributed by atoms with Crippen LogP contribution in [-0.4, -0.2) is 73.1 Å². The predicted molar refractivity (Wildman–Crippen MR) is 91.5 cm³/mol. The van der Waals surface area contributed by atoms with Crippen LogP contribution in [0.4, 0.5) is 4.79 Å². The molecule has 0 spiro atoms. The van der Waals surface area contributed by atoms with Crippen LogP contribution in [0.2, 0.25) is 0 Å². The van der Waals surface area contributed by atoms with Crippen LogP contribution in [0.3, 0.4) is 0 Å². The monoisotopic (exact) mass is 367 g/mol. The van der Waals surface area contributed by atoms with Crippen LogP contribution >= 0.6 is 15.9 Å². The van der Waals surface area contributed by atoms with Gasteiger partial charge in [0.05, 0.1) is 13.3 Å². The highest BCUT2D eigenvalue weighted by Gasteiger charge is 2.28. The van der Waals surface area contributed by atoms with Crippen LogP contribution in [-0.2, 0) is 6.54 Å². The van der Waals surface area contributed by atoms with E-state index in [1.54, 1.807) is 30.9 Å². The molecule has 1 fully saturated rings. The van der Waals surface area contributed by atoms with Gasteiger partial charge in [-0.15, -0.1) is 0 Å². The first kappa shape index (κ1) is 16.6. The summed E-state index contributed by atoms with van der Waals surface area (Å²) in [5, 5.41) is 0. The number of carbonyl (C=O) groups excluding carboxylic acids is 1. The van der Waals surface area contributed by atoms with Gasteiger partial charge in [0, 0.05) is 39.2 Å². The zero-order valence-electron chi connectivity index (χ0n) is 13.5. The summed E-state index contributed by atoms with van der Waals surface area (Å²) in [6.07, 6.45) is 0. The van der Waals surface area contributed by atoms with E-state index in [1.165, 1.54) is 5.56 Å². The second-order valence-electron chi connectivity index (χ2n) is 5.51. The highest BCUT2D eigenvalue weighted by Crippen LogP contribution is 2.14. The van der Waals surface area contributed by atoms with Gasteiger partial charge in [0.15, 0.2) is 5.96 Å². The third kappa shape index (κ3) is 3.71. The highest BCUT2D eigenvalue weighted by molar-refractivity contribution is 9.10. The van der Waals surface area contributed by atoms with Crippen LogP contribution in [0.1, 0.15) is 5.56 Å². The fourth-order valence-electron chi connectivity index (χ4n) is 2.58. The lowest BCUT2D eigenvalue weighted by atomic mass is 10.2.